The van der Waals surface area contributed by atoms with Crippen LogP contribution in [0.5, 0.6) is 0 Å². The Morgan fingerprint density at radius 1 is 1.06 bits per heavy atom. The second kappa shape index (κ2) is 8.83. The summed E-state index contributed by atoms with van der Waals surface area (Å²) in [6.45, 7) is 3.01. The number of carbonyl (C=O) groups is 1. The molecular weight excluding hydrogens is 412 g/mol. The summed E-state index contributed by atoms with van der Waals surface area (Å²) in [4.78, 5) is 26.0. The fourth-order valence-corrected chi connectivity index (χ4v) is 5.00. The first kappa shape index (κ1) is 20.2. The third-order valence-corrected chi connectivity index (χ3v) is 6.75. The summed E-state index contributed by atoms with van der Waals surface area (Å²) in [5, 5.41) is 6.10. The zero-order valence-electron chi connectivity index (χ0n) is 17.6. The first-order chi connectivity index (χ1) is 15.2. The molecule has 1 aromatic carbocycles. The van der Waals surface area contributed by atoms with Crippen LogP contribution in [0.4, 0.5) is 5.82 Å². The summed E-state index contributed by atoms with van der Waals surface area (Å²) in [6.07, 6.45) is 10.4. The van der Waals surface area contributed by atoms with Crippen LogP contribution < -0.4 is 4.90 Å². The molecule has 0 unspecified atom stereocenters. The molecule has 2 aromatic heterocycles. The Morgan fingerprint density at radius 2 is 1.87 bits per heavy atom. The van der Waals surface area contributed by atoms with Gasteiger partial charge in [-0.3, -0.25) is 4.79 Å². The molecule has 1 aliphatic carbocycles. The topological polar surface area (TPSA) is 67.2 Å². The van der Waals surface area contributed by atoms with Crippen molar-refractivity contribution in [1.29, 1.82) is 0 Å². The number of hydrogen-bond donors (Lipinski definition) is 0. The molecule has 1 saturated carbocycles. The molecule has 31 heavy (non-hydrogen) atoms. The Kier molecular flexibility index (Phi) is 5.76. The highest BCUT2D eigenvalue weighted by Crippen LogP contribution is 2.28. The van der Waals surface area contributed by atoms with E-state index in [0.717, 1.165) is 48.7 Å². The number of rotatable bonds is 4. The molecule has 5 rings (SSSR count). The summed E-state index contributed by atoms with van der Waals surface area (Å²) >= 11 is 6.15. The SMILES string of the molecule is O=C(CC1CCCCC1)N1CCN(c2ncnc3c2cnn3-c2cccc(Cl)c2)CC1. The van der Waals surface area contributed by atoms with Crippen molar-refractivity contribution in [2.75, 3.05) is 31.1 Å². The summed E-state index contributed by atoms with van der Waals surface area (Å²) < 4.78 is 1.79. The van der Waals surface area contributed by atoms with Crippen LogP contribution in [0.1, 0.15) is 38.5 Å². The highest BCUT2D eigenvalue weighted by molar-refractivity contribution is 6.30. The van der Waals surface area contributed by atoms with E-state index in [-0.39, 0.29) is 0 Å². The number of fused-ring (bicyclic) bond motifs is 1. The molecule has 0 atom stereocenters. The number of aromatic nitrogens is 4. The normalized spacial score (nSPS) is 18.0. The van der Waals surface area contributed by atoms with Crippen molar-refractivity contribution in [3.8, 4) is 5.69 Å². The molecule has 0 bridgehead atoms. The zero-order valence-corrected chi connectivity index (χ0v) is 18.3. The lowest BCUT2D eigenvalue weighted by Gasteiger charge is -2.36. The van der Waals surface area contributed by atoms with Crippen molar-refractivity contribution >= 4 is 34.4 Å². The van der Waals surface area contributed by atoms with Crippen molar-refractivity contribution in [3.63, 3.8) is 0 Å². The zero-order chi connectivity index (χ0) is 21.2. The summed E-state index contributed by atoms with van der Waals surface area (Å²) in [5.74, 6) is 1.77. The first-order valence-corrected chi connectivity index (χ1v) is 11.5. The average molecular weight is 439 g/mol. The number of benzene rings is 1. The molecule has 7 nitrogen and oxygen atoms in total. The largest absolute Gasteiger partial charge is 0.352 e. The third kappa shape index (κ3) is 4.24. The van der Waals surface area contributed by atoms with Gasteiger partial charge >= 0.3 is 0 Å². The van der Waals surface area contributed by atoms with E-state index in [2.05, 4.69) is 20.0 Å². The van der Waals surface area contributed by atoms with E-state index in [1.54, 1.807) is 11.0 Å². The molecule has 3 aromatic rings. The van der Waals surface area contributed by atoms with E-state index in [1.165, 1.54) is 32.1 Å². The second-order valence-corrected chi connectivity index (χ2v) is 8.98. The highest BCUT2D eigenvalue weighted by Gasteiger charge is 2.26. The van der Waals surface area contributed by atoms with Gasteiger partial charge in [0.05, 0.1) is 17.3 Å². The van der Waals surface area contributed by atoms with Crippen LogP contribution in [-0.4, -0.2) is 56.7 Å². The van der Waals surface area contributed by atoms with Gasteiger partial charge in [-0.1, -0.05) is 36.9 Å². The quantitative estimate of drug-likeness (QED) is 0.613. The van der Waals surface area contributed by atoms with Crippen LogP contribution in [0.25, 0.3) is 16.7 Å². The van der Waals surface area contributed by atoms with Gasteiger partial charge in [0.1, 0.15) is 12.1 Å². The number of halogens is 1. The highest BCUT2D eigenvalue weighted by atomic mass is 35.5. The standard InChI is InChI=1S/C23H27ClN6O/c24-18-7-4-8-19(14-18)30-23-20(15-27-30)22(25-16-26-23)29-11-9-28(10-12-29)21(31)13-17-5-2-1-3-6-17/h4,7-8,14-17H,1-3,5-6,9-13H2. The summed E-state index contributed by atoms with van der Waals surface area (Å²) in [5.41, 5.74) is 1.62. The predicted molar refractivity (Wildman–Crippen MR) is 122 cm³/mol. The molecule has 162 valence electrons. The van der Waals surface area contributed by atoms with Crippen LogP contribution in [0.2, 0.25) is 5.02 Å². The molecule has 0 spiro atoms. The van der Waals surface area contributed by atoms with E-state index in [0.29, 0.717) is 23.3 Å². The van der Waals surface area contributed by atoms with Crippen LogP contribution in [0, 0.1) is 5.92 Å². The second-order valence-electron chi connectivity index (χ2n) is 8.55. The number of carbonyl (C=O) groups excluding carboxylic acids is 1. The Hall–Kier alpha value is -2.67. The Balaban J connectivity index is 1.29. The number of piperazine rings is 1. The molecule has 0 N–H and O–H groups in total. The lowest BCUT2D eigenvalue weighted by atomic mass is 9.86. The maximum Gasteiger partial charge on any atom is 0.222 e. The summed E-state index contributed by atoms with van der Waals surface area (Å²) in [6, 6.07) is 7.56. The minimum Gasteiger partial charge on any atom is -0.352 e. The lowest BCUT2D eigenvalue weighted by molar-refractivity contribution is -0.132. The molecular formula is C23H27ClN6O. The Labute approximate surface area is 187 Å². The number of nitrogens with zero attached hydrogens (tertiary/aromatic N) is 6. The number of amides is 1. The monoisotopic (exact) mass is 438 g/mol. The van der Waals surface area contributed by atoms with E-state index in [1.807, 2.05) is 35.4 Å². The smallest absolute Gasteiger partial charge is 0.222 e. The molecule has 1 amide bonds. The van der Waals surface area contributed by atoms with Gasteiger partial charge in [-0.25, -0.2) is 14.6 Å². The van der Waals surface area contributed by atoms with Gasteiger partial charge in [-0.05, 0) is 37.0 Å². The molecule has 2 fully saturated rings. The van der Waals surface area contributed by atoms with Crippen molar-refractivity contribution in [3.05, 3.63) is 41.8 Å². The van der Waals surface area contributed by atoms with Crippen molar-refractivity contribution in [2.45, 2.75) is 38.5 Å². The van der Waals surface area contributed by atoms with Crippen LogP contribution in [-0.2, 0) is 4.79 Å². The number of hydrogen-bond acceptors (Lipinski definition) is 5. The van der Waals surface area contributed by atoms with E-state index in [4.69, 9.17) is 11.6 Å². The lowest BCUT2D eigenvalue weighted by Crippen LogP contribution is -2.49. The Bertz CT molecular complexity index is 1070. The van der Waals surface area contributed by atoms with Crippen molar-refractivity contribution < 1.29 is 4.79 Å². The van der Waals surface area contributed by atoms with Crippen molar-refractivity contribution in [2.24, 2.45) is 5.92 Å². The molecule has 0 radical (unpaired) electrons. The molecule has 2 aliphatic rings. The molecule has 1 saturated heterocycles. The van der Waals surface area contributed by atoms with Gasteiger partial charge in [0.25, 0.3) is 0 Å². The van der Waals surface area contributed by atoms with Gasteiger partial charge in [0, 0.05) is 37.6 Å². The minimum atomic E-state index is 0.313. The molecule has 8 heteroatoms. The maximum atomic E-state index is 12.8. The fourth-order valence-electron chi connectivity index (χ4n) is 4.82. The van der Waals surface area contributed by atoms with Crippen molar-refractivity contribution in [1.82, 2.24) is 24.6 Å². The molecule has 3 heterocycles. The van der Waals surface area contributed by atoms with E-state index in [9.17, 15) is 4.79 Å². The maximum absolute atomic E-state index is 12.8. The number of anilines is 1. The molecule has 1 aliphatic heterocycles. The Morgan fingerprint density at radius 3 is 2.65 bits per heavy atom. The van der Waals surface area contributed by atoms with Gasteiger partial charge in [0.2, 0.25) is 5.91 Å². The van der Waals surface area contributed by atoms with Gasteiger partial charge < -0.3 is 9.80 Å². The van der Waals surface area contributed by atoms with Crippen LogP contribution in [0.15, 0.2) is 36.8 Å². The van der Waals surface area contributed by atoms with E-state index >= 15 is 0 Å². The fraction of sp³-hybridized carbons (Fsp3) is 0.478. The average Bonchev–Trinajstić information content (AvgIpc) is 3.24. The van der Waals surface area contributed by atoms with Crippen LogP contribution in [0.3, 0.4) is 0 Å². The minimum absolute atomic E-state index is 0.313. The van der Waals surface area contributed by atoms with E-state index < -0.39 is 0 Å². The first-order valence-electron chi connectivity index (χ1n) is 11.2. The van der Waals surface area contributed by atoms with Gasteiger partial charge in [0.15, 0.2) is 5.65 Å². The predicted octanol–water partition coefficient (Wildman–Crippen LogP) is 4.09. The van der Waals surface area contributed by atoms with Gasteiger partial charge in [-0.15, -0.1) is 0 Å². The summed E-state index contributed by atoms with van der Waals surface area (Å²) in [7, 11) is 0. The van der Waals surface area contributed by atoms with Crippen LogP contribution >= 0.6 is 11.6 Å². The van der Waals surface area contributed by atoms with Gasteiger partial charge in [-0.2, -0.15) is 5.10 Å². The third-order valence-electron chi connectivity index (χ3n) is 6.52.